The maximum Gasteiger partial charge on any atom is 0.341 e. The van der Waals surface area contributed by atoms with Gasteiger partial charge in [0.1, 0.15) is 17.1 Å². The summed E-state index contributed by atoms with van der Waals surface area (Å²) in [5.74, 6) is -3.02. The molecule has 0 amide bonds. The Bertz CT molecular complexity index is 1050. The van der Waals surface area contributed by atoms with Crippen LogP contribution in [0.3, 0.4) is 0 Å². The molecule has 4 rings (SSSR count). The van der Waals surface area contributed by atoms with Crippen molar-refractivity contribution < 1.29 is 18.7 Å². The van der Waals surface area contributed by atoms with Crippen LogP contribution in [0.5, 0.6) is 0 Å². The highest BCUT2D eigenvalue weighted by molar-refractivity contribution is 5.93. The minimum absolute atomic E-state index is 0.0403. The number of aromatic carboxylic acids is 1. The standard InChI is InChI=1S/C21H25F2N3O3/c1-3-24-7-5-21(11-24)6-8-26(12-21)18-15(22)9-13-17(16(18)23)25(4-2)10-14(19(13)27)20(28)29/h9-10H,3-8,11-12H2,1-2H3,(H,28,29). The van der Waals surface area contributed by atoms with Gasteiger partial charge in [-0.05, 0) is 38.9 Å². The first-order valence-corrected chi connectivity index (χ1v) is 10.1. The van der Waals surface area contributed by atoms with E-state index in [0.29, 0.717) is 13.1 Å². The number of benzene rings is 1. The number of nitrogens with zero attached hydrogens (tertiary/aromatic N) is 3. The maximum atomic E-state index is 15.6. The van der Waals surface area contributed by atoms with E-state index in [9.17, 15) is 14.7 Å². The number of likely N-dealkylation sites (tertiary alicyclic amines) is 1. The Hall–Kier alpha value is -2.48. The van der Waals surface area contributed by atoms with E-state index in [1.807, 2.05) is 0 Å². The van der Waals surface area contributed by atoms with Gasteiger partial charge in [0.25, 0.3) is 0 Å². The normalized spacial score (nSPS) is 22.3. The van der Waals surface area contributed by atoms with Crippen molar-refractivity contribution in [3.05, 3.63) is 39.7 Å². The van der Waals surface area contributed by atoms with Crippen LogP contribution in [0.2, 0.25) is 0 Å². The largest absolute Gasteiger partial charge is 0.477 e. The van der Waals surface area contributed by atoms with E-state index in [1.54, 1.807) is 11.8 Å². The van der Waals surface area contributed by atoms with Crippen LogP contribution in [0.15, 0.2) is 17.1 Å². The molecule has 2 aliphatic rings. The lowest BCUT2D eigenvalue weighted by Crippen LogP contribution is -2.31. The van der Waals surface area contributed by atoms with Gasteiger partial charge in [0.05, 0.1) is 10.9 Å². The number of hydrogen-bond donors (Lipinski definition) is 1. The smallest absolute Gasteiger partial charge is 0.341 e. The number of hydrogen-bond acceptors (Lipinski definition) is 4. The molecule has 0 bridgehead atoms. The minimum atomic E-state index is -1.41. The number of aromatic nitrogens is 1. The second-order valence-electron chi connectivity index (χ2n) is 8.17. The number of aryl methyl sites for hydroxylation is 1. The molecule has 1 spiro atoms. The molecule has 1 aromatic heterocycles. The van der Waals surface area contributed by atoms with Crippen molar-refractivity contribution in [1.29, 1.82) is 0 Å². The molecule has 2 aliphatic heterocycles. The molecule has 6 nitrogen and oxygen atoms in total. The van der Waals surface area contributed by atoms with Gasteiger partial charge in [0.15, 0.2) is 5.82 Å². The van der Waals surface area contributed by atoms with E-state index in [4.69, 9.17) is 0 Å². The molecule has 0 saturated carbocycles. The van der Waals surface area contributed by atoms with Crippen LogP contribution in [0.4, 0.5) is 14.5 Å². The number of carboxylic acids is 1. The molecule has 29 heavy (non-hydrogen) atoms. The molecule has 0 aliphatic carbocycles. The molecule has 3 heterocycles. The molecule has 1 aromatic carbocycles. The van der Waals surface area contributed by atoms with Crippen LogP contribution in [0, 0.1) is 17.0 Å². The minimum Gasteiger partial charge on any atom is -0.477 e. The monoisotopic (exact) mass is 405 g/mol. The third kappa shape index (κ3) is 3.10. The lowest BCUT2D eigenvalue weighted by molar-refractivity contribution is 0.0695. The first-order chi connectivity index (χ1) is 13.8. The summed E-state index contributed by atoms with van der Waals surface area (Å²) in [5, 5.41) is 9.02. The van der Waals surface area contributed by atoms with E-state index in [-0.39, 0.29) is 28.6 Å². The lowest BCUT2D eigenvalue weighted by atomic mass is 9.86. The molecule has 156 valence electrons. The number of carbonyl (C=O) groups is 1. The Kier molecular flexibility index (Phi) is 4.85. The van der Waals surface area contributed by atoms with Gasteiger partial charge in [-0.1, -0.05) is 6.92 Å². The highest BCUT2D eigenvalue weighted by Crippen LogP contribution is 2.43. The SMILES string of the molecule is CCN1CCC2(CCN(c3c(F)cc4c(=O)c(C(=O)O)cn(CC)c4c3F)C2)C1. The van der Waals surface area contributed by atoms with Crippen LogP contribution in [0.25, 0.3) is 10.9 Å². The quantitative estimate of drug-likeness (QED) is 0.847. The van der Waals surface area contributed by atoms with Crippen LogP contribution in [-0.4, -0.2) is 53.3 Å². The summed E-state index contributed by atoms with van der Waals surface area (Å²) in [5.41, 5.74) is -1.47. The fourth-order valence-electron chi connectivity index (χ4n) is 4.93. The van der Waals surface area contributed by atoms with Gasteiger partial charge >= 0.3 is 5.97 Å². The Balaban J connectivity index is 1.82. The van der Waals surface area contributed by atoms with Crippen LogP contribution >= 0.6 is 0 Å². The number of pyridine rings is 1. The first-order valence-electron chi connectivity index (χ1n) is 10.1. The van der Waals surface area contributed by atoms with Gasteiger partial charge in [0, 0.05) is 37.8 Å². The highest BCUT2D eigenvalue weighted by Gasteiger charge is 2.44. The van der Waals surface area contributed by atoms with Crippen LogP contribution < -0.4 is 10.3 Å². The Morgan fingerprint density at radius 2 is 1.90 bits per heavy atom. The summed E-state index contributed by atoms with van der Waals surface area (Å²) in [6, 6.07) is 0.993. The predicted octanol–water partition coefficient (Wildman–Crippen LogP) is 2.92. The molecule has 2 saturated heterocycles. The Labute approximate surface area is 167 Å². The van der Waals surface area contributed by atoms with E-state index >= 15 is 8.78 Å². The van der Waals surface area contributed by atoms with E-state index in [2.05, 4.69) is 11.8 Å². The van der Waals surface area contributed by atoms with E-state index < -0.39 is 28.6 Å². The van der Waals surface area contributed by atoms with Crippen LogP contribution in [0.1, 0.15) is 37.0 Å². The zero-order valence-electron chi connectivity index (χ0n) is 16.7. The highest BCUT2D eigenvalue weighted by atomic mass is 19.1. The number of halogens is 2. The van der Waals surface area contributed by atoms with Crippen molar-refractivity contribution in [2.75, 3.05) is 37.6 Å². The Morgan fingerprint density at radius 3 is 2.52 bits per heavy atom. The van der Waals surface area contributed by atoms with Gasteiger partial charge in [0.2, 0.25) is 5.43 Å². The van der Waals surface area contributed by atoms with Crippen molar-refractivity contribution in [2.45, 2.75) is 33.2 Å². The summed E-state index contributed by atoms with van der Waals surface area (Å²) in [6.45, 7) is 8.12. The average Bonchev–Trinajstić information content (AvgIpc) is 3.29. The predicted molar refractivity (Wildman–Crippen MR) is 107 cm³/mol. The zero-order chi connectivity index (χ0) is 20.9. The van der Waals surface area contributed by atoms with Crippen molar-refractivity contribution in [3.8, 4) is 0 Å². The summed E-state index contributed by atoms with van der Waals surface area (Å²) in [4.78, 5) is 28.0. The van der Waals surface area contributed by atoms with E-state index in [0.717, 1.165) is 44.7 Å². The maximum absolute atomic E-state index is 15.6. The van der Waals surface area contributed by atoms with Gasteiger partial charge in [-0.2, -0.15) is 0 Å². The average molecular weight is 405 g/mol. The molecule has 1 atom stereocenters. The molecular formula is C21H25F2N3O3. The topological polar surface area (TPSA) is 65.8 Å². The third-order valence-electron chi connectivity index (χ3n) is 6.52. The summed E-state index contributed by atoms with van der Waals surface area (Å²) in [6.07, 6.45) is 3.02. The van der Waals surface area contributed by atoms with E-state index in [1.165, 1.54) is 4.57 Å². The summed E-state index contributed by atoms with van der Waals surface area (Å²) >= 11 is 0. The molecule has 0 radical (unpaired) electrons. The second kappa shape index (κ2) is 7.09. The van der Waals surface area contributed by atoms with Crippen LogP contribution in [-0.2, 0) is 6.54 Å². The van der Waals surface area contributed by atoms with Crippen molar-refractivity contribution in [3.63, 3.8) is 0 Å². The third-order valence-corrected chi connectivity index (χ3v) is 6.52. The number of anilines is 1. The summed E-state index contributed by atoms with van der Waals surface area (Å²) in [7, 11) is 0. The fourth-order valence-corrected chi connectivity index (χ4v) is 4.93. The summed E-state index contributed by atoms with van der Waals surface area (Å²) < 4.78 is 31.9. The molecule has 1 N–H and O–H groups in total. The molecule has 8 heteroatoms. The van der Waals surface area contributed by atoms with Gasteiger partial charge in [-0.15, -0.1) is 0 Å². The molecule has 1 unspecified atom stereocenters. The molecule has 2 aromatic rings. The lowest BCUT2D eigenvalue weighted by Gasteiger charge is -2.26. The first kappa shape index (κ1) is 19.8. The number of carboxylic acid groups (broad SMARTS) is 1. The van der Waals surface area contributed by atoms with Gasteiger partial charge in [-0.25, -0.2) is 13.6 Å². The van der Waals surface area contributed by atoms with Crippen molar-refractivity contribution in [1.82, 2.24) is 9.47 Å². The Morgan fingerprint density at radius 1 is 1.17 bits per heavy atom. The number of rotatable bonds is 4. The second-order valence-corrected chi connectivity index (χ2v) is 8.17. The molecule has 2 fully saturated rings. The molecular weight excluding hydrogens is 380 g/mol. The van der Waals surface area contributed by atoms with Gasteiger partial charge < -0.3 is 19.5 Å². The van der Waals surface area contributed by atoms with Crippen molar-refractivity contribution in [2.24, 2.45) is 5.41 Å². The number of fused-ring (bicyclic) bond motifs is 1. The van der Waals surface area contributed by atoms with Crippen molar-refractivity contribution >= 4 is 22.6 Å². The zero-order valence-corrected chi connectivity index (χ0v) is 16.7. The fraction of sp³-hybridized carbons (Fsp3) is 0.524. The van der Waals surface area contributed by atoms with Gasteiger partial charge in [-0.3, -0.25) is 4.79 Å².